The van der Waals surface area contributed by atoms with Gasteiger partial charge in [-0.1, -0.05) is 6.07 Å². The minimum atomic E-state index is -0.275. The molecule has 1 aromatic carbocycles. The highest BCUT2D eigenvalue weighted by Gasteiger charge is 2.22. The Morgan fingerprint density at radius 1 is 1.18 bits per heavy atom. The third-order valence-electron chi connectivity index (χ3n) is 6.92. The Hall–Kier alpha value is -3.83. The quantitative estimate of drug-likeness (QED) is 0.347. The molecule has 0 radical (unpaired) electrons. The highest BCUT2D eigenvalue weighted by atomic mass is 19.1. The van der Waals surface area contributed by atoms with Crippen molar-refractivity contribution in [3.05, 3.63) is 66.6 Å². The molecule has 4 heterocycles. The van der Waals surface area contributed by atoms with Crippen LogP contribution in [0, 0.1) is 11.7 Å². The van der Waals surface area contributed by atoms with Gasteiger partial charge in [0.25, 0.3) is 0 Å². The summed E-state index contributed by atoms with van der Waals surface area (Å²) in [5.41, 5.74) is 7.50. The molecule has 202 valence electrons. The first-order valence-electron chi connectivity index (χ1n) is 12.8. The standard InChI is InChI=1S/C26H31FN8O.CH4O/c1-2-33(16-20-4-5-21(14-23(20)27)35-10-3-9-31-35)25-22-8-13-34(26(22)30-18-29-25)15-19-6-11-32(12-7-19)17-24(28)36;1-2/h3-5,8-10,13-14,18-19H,2,6-7,11-12,15-17H2,1H3,(H2,28,36);2H,1H3. The van der Waals surface area contributed by atoms with Crippen LogP contribution in [0.3, 0.4) is 0 Å². The van der Waals surface area contributed by atoms with Gasteiger partial charge in [0, 0.05) is 50.9 Å². The number of aromatic nitrogens is 5. The fraction of sp³-hybridized carbons (Fsp3) is 0.407. The maximum atomic E-state index is 15.0. The third-order valence-corrected chi connectivity index (χ3v) is 6.92. The van der Waals surface area contributed by atoms with E-state index < -0.39 is 0 Å². The largest absolute Gasteiger partial charge is 0.400 e. The number of benzene rings is 1. The molecular weight excluding hydrogens is 487 g/mol. The van der Waals surface area contributed by atoms with E-state index in [-0.39, 0.29) is 11.7 Å². The van der Waals surface area contributed by atoms with Gasteiger partial charge in [0.2, 0.25) is 5.91 Å². The summed E-state index contributed by atoms with van der Waals surface area (Å²) in [5, 5.41) is 12.1. The lowest BCUT2D eigenvalue weighted by Gasteiger charge is -2.31. The Morgan fingerprint density at radius 3 is 2.63 bits per heavy atom. The number of carbonyl (C=O) groups excluding carboxylic acids is 1. The molecule has 0 saturated carbocycles. The second-order valence-corrected chi connectivity index (χ2v) is 9.33. The molecule has 4 aromatic rings. The number of hydrogen-bond donors (Lipinski definition) is 2. The van der Waals surface area contributed by atoms with Crippen molar-refractivity contribution in [2.45, 2.75) is 32.9 Å². The number of nitrogens with zero attached hydrogens (tertiary/aromatic N) is 7. The van der Waals surface area contributed by atoms with Gasteiger partial charge in [-0.25, -0.2) is 19.0 Å². The number of aliphatic hydroxyl groups excluding tert-OH is 1. The summed E-state index contributed by atoms with van der Waals surface area (Å²) >= 11 is 0. The number of carbonyl (C=O) groups is 1. The van der Waals surface area contributed by atoms with Gasteiger partial charge in [0.05, 0.1) is 17.6 Å². The van der Waals surface area contributed by atoms with Crippen LogP contribution in [0.1, 0.15) is 25.3 Å². The molecule has 10 nitrogen and oxygen atoms in total. The molecule has 0 unspecified atom stereocenters. The molecule has 11 heteroatoms. The zero-order valence-electron chi connectivity index (χ0n) is 21.9. The number of primary amides is 1. The van der Waals surface area contributed by atoms with E-state index in [0.29, 0.717) is 36.8 Å². The van der Waals surface area contributed by atoms with Crippen LogP contribution in [0.15, 0.2) is 55.2 Å². The van der Waals surface area contributed by atoms with Crippen LogP contribution in [0.2, 0.25) is 0 Å². The van der Waals surface area contributed by atoms with Gasteiger partial charge in [-0.05, 0) is 63.0 Å². The van der Waals surface area contributed by atoms with E-state index in [1.807, 2.05) is 31.2 Å². The number of amides is 1. The first-order valence-corrected chi connectivity index (χ1v) is 12.8. The number of nitrogens with two attached hydrogens (primary N) is 1. The Bertz CT molecular complexity index is 1330. The monoisotopic (exact) mass is 522 g/mol. The van der Waals surface area contributed by atoms with Crippen molar-refractivity contribution in [1.29, 1.82) is 0 Å². The van der Waals surface area contributed by atoms with Crippen LogP contribution in [0.4, 0.5) is 10.2 Å². The second-order valence-electron chi connectivity index (χ2n) is 9.33. The average Bonchev–Trinajstić information content (AvgIpc) is 3.61. The zero-order valence-corrected chi connectivity index (χ0v) is 21.9. The van der Waals surface area contributed by atoms with E-state index in [1.165, 1.54) is 6.07 Å². The molecule has 5 rings (SSSR count). The summed E-state index contributed by atoms with van der Waals surface area (Å²) in [6.45, 7) is 6.06. The van der Waals surface area contributed by atoms with Gasteiger partial charge >= 0.3 is 0 Å². The van der Waals surface area contributed by atoms with Crippen molar-refractivity contribution >= 4 is 22.8 Å². The molecule has 0 spiro atoms. The SMILES string of the molecule is CCN(Cc1ccc(-n2cccn2)cc1F)c1ncnc2c1ccn2CC1CCN(CC(N)=O)CC1.CO. The lowest BCUT2D eigenvalue weighted by atomic mass is 9.96. The maximum absolute atomic E-state index is 15.0. The number of aliphatic hydroxyl groups is 1. The molecule has 1 fully saturated rings. The molecule has 38 heavy (non-hydrogen) atoms. The Labute approximate surface area is 221 Å². The molecule has 0 atom stereocenters. The normalized spacial score (nSPS) is 14.3. The molecule has 1 aliphatic rings. The van der Waals surface area contributed by atoms with Crippen LogP contribution >= 0.6 is 0 Å². The van der Waals surface area contributed by atoms with Crippen molar-refractivity contribution in [1.82, 2.24) is 29.2 Å². The minimum absolute atomic E-state index is 0.271. The zero-order chi connectivity index (χ0) is 27.1. The van der Waals surface area contributed by atoms with Crippen molar-refractivity contribution in [3.63, 3.8) is 0 Å². The first-order chi connectivity index (χ1) is 18.5. The molecule has 0 aliphatic carbocycles. The molecule has 1 aliphatic heterocycles. The summed E-state index contributed by atoms with van der Waals surface area (Å²) < 4.78 is 18.8. The Morgan fingerprint density at radius 2 is 1.97 bits per heavy atom. The fourth-order valence-corrected chi connectivity index (χ4v) is 4.99. The lowest BCUT2D eigenvalue weighted by Crippen LogP contribution is -2.40. The van der Waals surface area contributed by atoms with Gasteiger partial charge in [0.1, 0.15) is 23.6 Å². The second kappa shape index (κ2) is 12.6. The molecular formula is C27H35FN8O2. The maximum Gasteiger partial charge on any atom is 0.231 e. The minimum Gasteiger partial charge on any atom is -0.400 e. The molecule has 0 bridgehead atoms. The number of rotatable bonds is 9. The van der Waals surface area contributed by atoms with Crippen molar-refractivity contribution < 1.29 is 14.3 Å². The van der Waals surface area contributed by atoms with Crippen LogP contribution in [-0.2, 0) is 17.9 Å². The molecule has 1 amide bonds. The van der Waals surface area contributed by atoms with Crippen molar-refractivity contribution in [2.24, 2.45) is 11.7 Å². The summed E-state index contributed by atoms with van der Waals surface area (Å²) in [6, 6.07) is 9.05. The van der Waals surface area contributed by atoms with E-state index in [0.717, 1.165) is 56.4 Å². The van der Waals surface area contributed by atoms with Crippen LogP contribution in [-0.4, -0.2) is 73.5 Å². The van der Waals surface area contributed by atoms with Gasteiger partial charge in [-0.2, -0.15) is 5.10 Å². The Balaban J connectivity index is 0.00000164. The first kappa shape index (κ1) is 27.2. The number of likely N-dealkylation sites (tertiary alicyclic amines) is 1. The van der Waals surface area contributed by atoms with E-state index in [9.17, 15) is 9.18 Å². The summed E-state index contributed by atoms with van der Waals surface area (Å²) in [4.78, 5) is 24.5. The van der Waals surface area contributed by atoms with E-state index >= 15 is 0 Å². The lowest BCUT2D eigenvalue weighted by molar-refractivity contribution is -0.119. The van der Waals surface area contributed by atoms with Crippen LogP contribution in [0.5, 0.6) is 0 Å². The fourth-order valence-electron chi connectivity index (χ4n) is 4.99. The van der Waals surface area contributed by atoms with Crippen molar-refractivity contribution in [2.75, 3.05) is 38.2 Å². The summed E-state index contributed by atoms with van der Waals surface area (Å²) in [5.74, 6) is 0.760. The number of halogens is 1. The van der Waals surface area contributed by atoms with E-state index in [1.54, 1.807) is 23.4 Å². The predicted octanol–water partition coefficient (Wildman–Crippen LogP) is 2.59. The highest BCUT2D eigenvalue weighted by molar-refractivity contribution is 5.87. The van der Waals surface area contributed by atoms with Crippen LogP contribution < -0.4 is 10.6 Å². The summed E-state index contributed by atoms with van der Waals surface area (Å²) in [7, 11) is 1.00. The highest BCUT2D eigenvalue weighted by Crippen LogP contribution is 2.28. The van der Waals surface area contributed by atoms with Crippen molar-refractivity contribution in [3.8, 4) is 5.69 Å². The third kappa shape index (κ3) is 6.17. The van der Waals surface area contributed by atoms with Gasteiger partial charge < -0.3 is 20.3 Å². The smallest absolute Gasteiger partial charge is 0.231 e. The Kier molecular flexibility index (Phi) is 9.03. The number of anilines is 1. The van der Waals surface area contributed by atoms with E-state index in [2.05, 4.69) is 35.6 Å². The molecule has 3 N–H and O–H groups in total. The van der Waals surface area contributed by atoms with Gasteiger partial charge in [-0.15, -0.1) is 0 Å². The number of piperidine rings is 1. The molecule has 3 aromatic heterocycles. The topological polar surface area (TPSA) is 118 Å². The van der Waals surface area contributed by atoms with E-state index in [4.69, 9.17) is 10.8 Å². The predicted molar refractivity (Wildman–Crippen MR) is 144 cm³/mol. The number of fused-ring (bicyclic) bond motifs is 1. The van der Waals surface area contributed by atoms with Gasteiger partial charge in [-0.3, -0.25) is 9.69 Å². The molecule has 1 saturated heterocycles. The average molecular weight is 523 g/mol. The van der Waals surface area contributed by atoms with Gasteiger partial charge in [0.15, 0.2) is 0 Å². The summed E-state index contributed by atoms with van der Waals surface area (Å²) in [6.07, 6.45) is 9.14. The van der Waals surface area contributed by atoms with Crippen LogP contribution in [0.25, 0.3) is 16.7 Å². The number of hydrogen-bond acceptors (Lipinski definition) is 7.